The third kappa shape index (κ3) is 7.43. The van der Waals surface area contributed by atoms with E-state index in [1.165, 1.54) is 11.8 Å². The molecule has 0 spiro atoms. The lowest BCUT2D eigenvalue weighted by atomic mass is 9.92. The van der Waals surface area contributed by atoms with E-state index in [0.29, 0.717) is 22.8 Å². The Morgan fingerprint density at radius 1 is 0.875 bits per heavy atom. The van der Waals surface area contributed by atoms with Crippen molar-refractivity contribution in [1.82, 2.24) is 0 Å². The van der Waals surface area contributed by atoms with Gasteiger partial charge in [0.15, 0.2) is 0 Å². The third-order valence-electron chi connectivity index (χ3n) is 4.51. The minimum Gasteiger partial charge on any atom is -0.326 e. The molecule has 32 heavy (non-hydrogen) atoms. The Balaban J connectivity index is 1.78. The maximum absolute atomic E-state index is 13.2. The van der Waals surface area contributed by atoms with Gasteiger partial charge in [0.25, 0.3) is 0 Å². The van der Waals surface area contributed by atoms with Crippen molar-refractivity contribution >= 4 is 46.6 Å². The van der Waals surface area contributed by atoms with Crippen molar-refractivity contribution in [1.29, 1.82) is 0 Å². The number of benzene rings is 3. The number of rotatable bonds is 7. The van der Waals surface area contributed by atoms with Gasteiger partial charge in [0.05, 0.1) is 0 Å². The third-order valence-corrected chi connectivity index (χ3v) is 6.01. The normalized spacial score (nSPS) is 12.1. The number of thioether (sulfide) groups is 1. The van der Waals surface area contributed by atoms with Crippen molar-refractivity contribution in [3.8, 4) is 0 Å². The Bertz CT molecular complexity index is 1060. The molecule has 0 radical (unpaired) electrons. The quantitative estimate of drug-likeness (QED) is 0.362. The lowest BCUT2D eigenvalue weighted by Gasteiger charge is -2.19. The Hall–Kier alpha value is -2.76. The molecule has 1 unspecified atom stereocenters. The molecule has 0 heterocycles. The van der Waals surface area contributed by atoms with Crippen LogP contribution >= 0.6 is 23.4 Å². The van der Waals surface area contributed by atoms with Crippen molar-refractivity contribution < 1.29 is 9.59 Å². The predicted molar refractivity (Wildman–Crippen MR) is 134 cm³/mol. The van der Waals surface area contributed by atoms with Crippen molar-refractivity contribution in [2.45, 2.75) is 37.3 Å². The zero-order valence-electron chi connectivity index (χ0n) is 18.4. The molecule has 0 aliphatic rings. The average molecular weight is 467 g/mol. The fourth-order valence-corrected chi connectivity index (χ4v) is 4.32. The summed E-state index contributed by atoms with van der Waals surface area (Å²) in [7, 11) is 0. The Labute approximate surface area is 198 Å². The molecule has 0 aliphatic heterocycles. The summed E-state index contributed by atoms with van der Waals surface area (Å²) in [6, 6.07) is 24.3. The summed E-state index contributed by atoms with van der Waals surface area (Å²) in [5.41, 5.74) is 2.21. The van der Waals surface area contributed by atoms with Crippen LogP contribution in [0.1, 0.15) is 38.0 Å². The minimum atomic E-state index is -0.465. The van der Waals surface area contributed by atoms with Gasteiger partial charge in [-0.05, 0) is 53.4 Å². The SMILES string of the molecule is CC(C)(C)CC(=O)Nc1cccc(SC(C(=O)Nc2ccc(Cl)cc2)c2ccccc2)c1. The molecule has 2 N–H and O–H groups in total. The number of halogens is 1. The second-order valence-electron chi connectivity index (χ2n) is 8.72. The van der Waals surface area contributed by atoms with Gasteiger partial charge in [-0.25, -0.2) is 0 Å². The van der Waals surface area contributed by atoms with E-state index < -0.39 is 5.25 Å². The molecule has 3 rings (SSSR count). The standard InChI is InChI=1S/C26H27ClN2O2S/c1-26(2,3)17-23(30)28-21-10-7-11-22(16-21)32-24(18-8-5-4-6-9-18)25(31)29-20-14-12-19(27)13-15-20/h4-16,24H,17H2,1-3H3,(H,28,30)(H,29,31). The van der Waals surface area contributed by atoms with Gasteiger partial charge in [-0.3, -0.25) is 9.59 Å². The fraction of sp³-hybridized carbons (Fsp3) is 0.231. The van der Waals surface area contributed by atoms with E-state index in [4.69, 9.17) is 11.6 Å². The first-order valence-electron chi connectivity index (χ1n) is 10.4. The summed E-state index contributed by atoms with van der Waals surface area (Å²) in [5.74, 6) is -0.162. The van der Waals surface area contributed by atoms with Crippen LogP contribution in [0.4, 0.5) is 11.4 Å². The van der Waals surface area contributed by atoms with Crippen LogP contribution in [0, 0.1) is 5.41 Å². The van der Waals surface area contributed by atoms with Crippen LogP contribution in [0.5, 0.6) is 0 Å². The zero-order valence-corrected chi connectivity index (χ0v) is 20.0. The molecule has 0 saturated carbocycles. The Kier molecular flexibility index (Phi) is 7.99. The monoisotopic (exact) mass is 466 g/mol. The number of amides is 2. The highest BCUT2D eigenvalue weighted by Gasteiger charge is 2.23. The highest BCUT2D eigenvalue weighted by molar-refractivity contribution is 8.00. The molecule has 166 valence electrons. The van der Waals surface area contributed by atoms with Crippen LogP contribution in [-0.4, -0.2) is 11.8 Å². The summed E-state index contributed by atoms with van der Waals surface area (Å²) in [5, 5.41) is 6.08. The molecule has 0 aromatic heterocycles. The molecule has 2 amide bonds. The molecule has 0 aliphatic carbocycles. The zero-order chi connectivity index (χ0) is 23.1. The van der Waals surface area contributed by atoms with E-state index >= 15 is 0 Å². The van der Waals surface area contributed by atoms with Gasteiger partial charge in [-0.2, -0.15) is 0 Å². The maximum Gasteiger partial charge on any atom is 0.242 e. The smallest absolute Gasteiger partial charge is 0.242 e. The molecule has 6 heteroatoms. The van der Waals surface area contributed by atoms with Gasteiger partial charge < -0.3 is 10.6 Å². The summed E-state index contributed by atoms with van der Waals surface area (Å²) in [4.78, 5) is 26.4. The first-order chi connectivity index (χ1) is 15.2. The van der Waals surface area contributed by atoms with Crippen molar-refractivity contribution in [3.63, 3.8) is 0 Å². The maximum atomic E-state index is 13.2. The van der Waals surface area contributed by atoms with Crippen molar-refractivity contribution in [2.24, 2.45) is 5.41 Å². The number of carbonyl (C=O) groups excluding carboxylic acids is 2. The number of hydrogen-bond acceptors (Lipinski definition) is 3. The van der Waals surface area contributed by atoms with E-state index in [9.17, 15) is 9.59 Å². The topological polar surface area (TPSA) is 58.2 Å². The van der Waals surface area contributed by atoms with Gasteiger partial charge in [-0.15, -0.1) is 11.8 Å². The summed E-state index contributed by atoms with van der Waals surface area (Å²) < 4.78 is 0. The van der Waals surface area contributed by atoms with Crippen LogP contribution in [0.15, 0.2) is 83.8 Å². The van der Waals surface area contributed by atoms with Gasteiger partial charge in [0, 0.05) is 27.7 Å². The lowest BCUT2D eigenvalue weighted by Crippen LogP contribution is -2.20. The number of hydrogen-bond donors (Lipinski definition) is 2. The van der Waals surface area contributed by atoms with E-state index in [1.807, 2.05) is 75.4 Å². The molecule has 1 atom stereocenters. The first-order valence-corrected chi connectivity index (χ1v) is 11.6. The Morgan fingerprint density at radius 2 is 1.56 bits per heavy atom. The molecular weight excluding hydrogens is 440 g/mol. The van der Waals surface area contributed by atoms with E-state index in [-0.39, 0.29) is 17.2 Å². The number of nitrogens with one attached hydrogen (secondary N) is 2. The molecule has 3 aromatic carbocycles. The highest BCUT2D eigenvalue weighted by Crippen LogP contribution is 2.37. The molecule has 3 aromatic rings. The average Bonchev–Trinajstić information content (AvgIpc) is 2.73. The molecular formula is C26H27ClN2O2S. The van der Waals surface area contributed by atoms with Crippen LogP contribution in [0.3, 0.4) is 0 Å². The van der Waals surface area contributed by atoms with E-state index in [0.717, 1.165) is 10.5 Å². The fourth-order valence-electron chi connectivity index (χ4n) is 3.11. The number of carbonyl (C=O) groups is 2. The molecule has 4 nitrogen and oxygen atoms in total. The minimum absolute atomic E-state index is 0.0280. The summed E-state index contributed by atoms with van der Waals surface area (Å²) in [6.45, 7) is 6.09. The summed E-state index contributed by atoms with van der Waals surface area (Å²) in [6.07, 6.45) is 0.431. The van der Waals surface area contributed by atoms with Gasteiger partial charge in [0.1, 0.15) is 5.25 Å². The Morgan fingerprint density at radius 3 is 2.22 bits per heavy atom. The second-order valence-corrected chi connectivity index (χ2v) is 10.3. The first kappa shape index (κ1) is 23.9. The van der Waals surface area contributed by atoms with Gasteiger partial charge in [0.2, 0.25) is 11.8 Å². The van der Waals surface area contributed by atoms with Crippen molar-refractivity contribution in [2.75, 3.05) is 10.6 Å². The van der Waals surface area contributed by atoms with Crippen LogP contribution in [0.25, 0.3) is 0 Å². The largest absolute Gasteiger partial charge is 0.326 e. The predicted octanol–water partition coefficient (Wildman–Crippen LogP) is 7.19. The number of anilines is 2. The summed E-state index contributed by atoms with van der Waals surface area (Å²) >= 11 is 7.39. The van der Waals surface area contributed by atoms with E-state index in [2.05, 4.69) is 10.6 Å². The molecule has 0 fully saturated rings. The van der Waals surface area contributed by atoms with E-state index in [1.54, 1.807) is 24.3 Å². The van der Waals surface area contributed by atoms with Crippen molar-refractivity contribution in [3.05, 3.63) is 89.4 Å². The highest BCUT2D eigenvalue weighted by atomic mass is 35.5. The van der Waals surface area contributed by atoms with Crippen LogP contribution in [0.2, 0.25) is 5.02 Å². The molecule has 0 bridgehead atoms. The van der Waals surface area contributed by atoms with Gasteiger partial charge >= 0.3 is 0 Å². The molecule has 0 saturated heterocycles. The van der Waals surface area contributed by atoms with Crippen LogP contribution < -0.4 is 10.6 Å². The second kappa shape index (κ2) is 10.7. The van der Waals surface area contributed by atoms with Crippen LogP contribution in [-0.2, 0) is 9.59 Å². The lowest BCUT2D eigenvalue weighted by molar-refractivity contribution is -0.118. The van der Waals surface area contributed by atoms with Gasteiger partial charge in [-0.1, -0.05) is 68.8 Å².